The fourth-order valence-corrected chi connectivity index (χ4v) is 3.15. The molecule has 2 heterocycles. The molecule has 0 unspecified atom stereocenters. The molecule has 0 atom stereocenters. The number of nitrogens with zero attached hydrogens (tertiary/aromatic N) is 4. The number of hydrogen-bond donors (Lipinski definition) is 0. The standard InChI is InChI=1S/C23H20N4O/c1-15-8-7-11-18-19(23(28)27(2)3)12-20(26-21(15)18)17-13-24-22(25-14-17)16-9-5-4-6-10-16/h4-14H,1-3H3. The van der Waals surface area contributed by atoms with Crippen molar-refractivity contribution in [2.45, 2.75) is 6.92 Å². The minimum absolute atomic E-state index is 0.0546. The molecule has 2 aromatic heterocycles. The van der Waals surface area contributed by atoms with Crippen LogP contribution in [0, 0.1) is 6.92 Å². The van der Waals surface area contributed by atoms with Gasteiger partial charge in [-0.15, -0.1) is 0 Å². The highest BCUT2D eigenvalue weighted by molar-refractivity contribution is 6.07. The van der Waals surface area contributed by atoms with Crippen molar-refractivity contribution in [1.29, 1.82) is 0 Å². The molecule has 0 saturated heterocycles. The maximum Gasteiger partial charge on any atom is 0.254 e. The van der Waals surface area contributed by atoms with Crippen molar-refractivity contribution in [3.05, 3.63) is 78.1 Å². The lowest BCUT2D eigenvalue weighted by Crippen LogP contribution is -2.22. The number of benzene rings is 2. The Morgan fingerprint density at radius 3 is 2.29 bits per heavy atom. The Balaban J connectivity index is 1.85. The van der Waals surface area contributed by atoms with Crippen LogP contribution < -0.4 is 0 Å². The summed E-state index contributed by atoms with van der Waals surface area (Å²) in [5.41, 5.74) is 4.89. The van der Waals surface area contributed by atoms with Gasteiger partial charge < -0.3 is 4.90 Å². The number of carbonyl (C=O) groups excluding carboxylic acids is 1. The van der Waals surface area contributed by atoms with E-state index in [0.717, 1.165) is 27.6 Å². The van der Waals surface area contributed by atoms with E-state index in [2.05, 4.69) is 9.97 Å². The van der Waals surface area contributed by atoms with Gasteiger partial charge in [0.25, 0.3) is 5.91 Å². The Kier molecular flexibility index (Phi) is 4.57. The number of rotatable bonds is 3. The number of carbonyl (C=O) groups is 1. The number of hydrogen-bond acceptors (Lipinski definition) is 4. The van der Waals surface area contributed by atoms with Gasteiger partial charge in [0.2, 0.25) is 0 Å². The molecular formula is C23H20N4O. The normalized spacial score (nSPS) is 10.8. The third-order valence-corrected chi connectivity index (χ3v) is 4.66. The van der Waals surface area contributed by atoms with E-state index in [9.17, 15) is 4.79 Å². The first-order valence-electron chi connectivity index (χ1n) is 9.04. The molecule has 0 fully saturated rings. The Morgan fingerprint density at radius 2 is 1.61 bits per heavy atom. The minimum Gasteiger partial charge on any atom is -0.345 e. The van der Waals surface area contributed by atoms with E-state index in [1.807, 2.05) is 61.5 Å². The fraction of sp³-hybridized carbons (Fsp3) is 0.130. The molecule has 5 nitrogen and oxygen atoms in total. The third kappa shape index (κ3) is 3.22. The van der Waals surface area contributed by atoms with Crippen LogP contribution in [0.25, 0.3) is 33.5 Å². The van der Waals surface area contributed by atoms with E-state index in [1.54, 1.807) is 31.4 Å². The number of aryl methyl sites for hydroxylation is 1. The molecule has 0 N–H and O–H groups in total. The molecule has 0 saturated carbocycles. The molecule has 0 bridgehead atoms. The summed E-state index contributed by atoms with van der Waals surface area (Å²) in [6.45, 7) is 2.00. The highest BCUT2D eigenvalue weighted by atomic mass is 16.2. The zero-order valence-electron chi connectivity index (χ0n) is 16.0. The molecule has 4 aromatic rings. The summed E-state index contributed by atoms with van der Waals surface area (Å²) in [7, 11) is 3.50. The summed E-state index contributed by atoms with van der Waals surface area (Å²) >= 11 is 0. The highest BCUT2D eigenvalue weighted by Crippen LogP contribution is 2.27. The van der Waals surface area contributed by atoms with Crippen LogP contribution in [0.15, 0.2) is 67.0 Å². The first-order chi connectivity index (χ1) is 13.5. The van der Waals surface area contributed by atoms with E-state index >= 15 is 0 Å². The molecule has 0 aliphatic rings. The van der Waals surface area contributed by atoms with Crippen molar-refractivity contribution in [1.82, 2.24) is 19.9 Å². The van der Waals surface area contributed by atoms with Crippen LogP contribution in [0.1, 0.15) is 15.9 Å². The maximum absolute atomic E-state index is 12.8. The van der Waals surface area contributed by atoms with Gasteiger partial charge in [-0.2, -0.15) is 0 Å². The second-order valence-corrected chi connectivity index (χ2v) is 6.89. The van der Waals surface area contributed by atoms with Crippen molar-refractivity contribution in [2.75, 3.05) is 14.1 Å². The highest BCUT2D eigenvalue weighted by Gasteiger charge is 2.17. The first-order valence-corrected chi connectivity index (χ1v) is 9.04. The maximum atomic E-state index is 12.8. The topological polar surface area (TPSA) is 59.0 Å². The number of aromatic nitrogens is 3. The lowest BCUT2D eigenvalue weighted by molar-refractivity contribution is 0.0829. The second kappa shape index (κ2) is 7.19. The molecule has 138 valence electrons. The van der Waals surface area contributed by atoms with Crippen LogP contribution in [0.4, 0.5) is 0 Å². The molecule has 28 heavy (non-hydrogen) atoms. The van der Waals surface area contributed by atoms with E-state index in [1.165, 1.54) is 0 Å². The van der Waals surface area contributed by atoms with Crippen molar-refractivity contribution in [3.63, 3.8) is 0 Å². The van der Waals surface area contributed by atoms with E-state index < -0.39 is 0 Å². The predicted octanol–water partition coefficient (Wildman–Crippen LogP) is 4.37. The van der Waals surface area contributed by atoms with Gasteiger partial charge in [-0.1, -0.05) is 48.5 Å². The molecule has 1 amide bonds. The zero-order chi connectivity index (χ0) is 19.7. The fourth-order valence-electron chi connectivity index (χ4n) is 3.15. The molecule has 0 aliphatic carbocycles. The van der Waals surface area contributed by atoms with E-state index in [4.69, 9.17) is 4.98 Å². The second-order valence-electron chi connectivity index (χ2n) is 6.89. The van der Waals surface area contributed by atoms with Gasteiger partial charge in [-0.25, -0.2) is 15.0 Å². The molecule has 0 aliphatic heterocycles. The summed E-state index contributed by atoms with van der Waals surface area (Å²) < 4.78 is 0. The first kappa shape index (κ1) is 17.8. The van der Waals surface area contributed by atoms with Crippen LogP contribution in [0.5, 0.6) is 0 Å². The third-order valence-electron chi connectivity index (χ3n) is 4.66. The average molecular weight is 368 g/mol. The summed E-state index contributed by atoms with van der Waals surface area (Å²) in [5, 5.41) is 0.851. The molecule has 5 heteroatoms. The van der Waals surface area contributed by atoms with Crippen LogP contribution in [-0.2, 0) is 0 Å². The summed E-state index contributed by atoms with van der Waals surface area (Å²) in [4.78, 5) is 28.1. The van der Waals surface area contributed by atoms with Crippen molar-refractivity contribution in [3.8, 4) is 22.6 Å². The summed E-state index contributed by atoms with van der Waals surface area (Å²) in [5.74, 6) is 0.604. The van der Waals surface area contributed by atoms with Gasteiger partial charge in [0.05, 0.1) is 16.8 Å². The molecule has 4 rings (SSSR count). The lowest BCUT2D eigenvalue weighted by atomic mass is 10.0. The largest absolute Gasteiger partial charge is 0.345 e. The average Bonchev–Trinajstić information content (AvgIpc) is 2.73. The SMILES string of the molecule is Cc1cccc2c(C(=O)N(C)C)cc(-c3cnc(-c4ccccc4)nc3)nc12. The van der Waals surface area contributed by atoms with Crippen LogP contribution in [-0.4, -0.2) is 39.9 Å². The Bertz CT molecular complexity index is 1150. The van der Waals surface area contributed by atoms with Gasteiger partial charge in [-0.3, -0.25) is 4.79 Å². The van der Waals surface area contributed by atoms with Crippen LogP contribution in [0.3, 0.4) is 0 Å². The molecule has 0 spiro atoms. The molecular weight excluding hydrogens is 348 g/mol. The lowest BCUT2D eigenvalue weighted by Gasteiger charge is -2.15. The van der Waals surface area contributed by atoms with Gasteiger partial charge in [-0.05, 0) is 18.6 Å². The Hall–Kier alpha value is -3.60. The number of para-hydroxylation sites is 1. The smallest absolute Gasteiger partial charge is 0.254 e. The van der Waals surface area contributed by atoms with Gasteiger partial charge in [0, 0.05) is 43.0 Å². The Labute approximate surface area is 163 Å². The van der Waals surface area contributed by atoms with Crippen molar-refractivity contribution in [2.24, 2.45) is 0 Å². The molecule has 0 radical (unpaired) electrons. The minimum atomic E-state index is -0.0546. The zero-order valence-corrected chi connectivity index (χ0v) is 16.0. The van der Waals surface area contributed by atoms with Crippen molar-refractivity contribution < 1.29 is 4.79 Å². The predicted molar refractivity (Wildman–Crippen MR) is 111 cm³/mol. The van der Waals surface area contributed by atoms with Gasteiger partial charge >= 0.3 is 0 Å². The van der Waals surface area contributed by atoms with Crippen LogP contribution in [0.2, 0.25) is 0 Å². The molecule has 2 aromatic carbocycles. The monoisotopic (exact) mass is 368 g/mol. The van der Waals surface area contributed by atoms with Gasteiger partial charge in [0.15, 0.2) is 5.82 Å². The number of pyridine rings is 1. The quantitative estimate of drug-likeness (QED) is 0.539. The van der Waals surface area contributed by atoms with Gasteiger partial charge in [0.1, 0.15) is 0 Å². The Morgan fingerprint density at radius 1 is 0.893 bits per heavy atom. The summed E-state index contributed by atoms with van der Waals surface area (Å²) in [6.07, 6.45) is 3.51. The van der Waals surface area contributed by atoms with E-state index in [0.29, 0.717) is 17.1 Å². The van der Waals surface area contributed by atoms with Crippen molar-refractivity contribution >= 4 is 16.8 Å². The summed E-state index contributed by atoms with van der Waals surface area (Å²) in [6, 6.07) is 17.5. The van der Waals surface area contributed by atoms with E-state index in [-0.39, 0.29) is 5.91 Å². The number of amides is 1. The van der Waals surface area contributed by atoms with Crippen LogP contribution >= 0.6 is 0 Å². The number of fused-ring (bicyclic) bond motifs is 1.